The van der Waals surface area contributed by atoms with E-state index in [4.69, 9.17) is 4.74 Å². The third-order valence-electron chi connectivity index (χ3n) is 4.83. The Balaban J connectivity index is 1.54. The van der Waals surface area contributed by atoms with E-state index >= 15 is 0 Å². The van der Waals surface area contributed by atoms with Crippen LogP contribution in [0.3, 0.4) is 0 Å². The highest BCUT2D eigenvalue weighted by atomic mass is 32.2. The predicted octanol–water partition coefficient (Wildman–Crippen LogP) is 4.92. The molecule has 4 aromatic rings. The van der Waals surface area contributed by atoms with E-state index in [2.05, 4.69) is 15.3 Å². The monoisotopic (exact) mass is 466 g/mol. The summed E-state index contributed by atoms with van der Waals surface area (Å²) in [5.74, 6) is 1.21. The van der Waals surface area contributed by atoms with Crippen LogP contribution in [0.15, 0.2) is 78.4 Å². The Morgan fingerprint density at radius 3 is 2.66 bits per heavy atom. The maximum Gasteiger partial charge on any atom is 0.239 e. The van der Waals surface area contributed by atoms with E-state index in [0.29, 0.717) is 16.4 Å². The fraction of sp³-hybridized carbons (Fsp3) is 0.130. The lowest BCUT2D eigenvalue weighted by molar-refractivity contribution is 0.416. The number of benzene rings is 2. The summed E-state index contributed by atoms with van der Waals surface area (Å²) in [5.41, 5.74) is 2.99. The van der Waals surface area contributed by atoms with Gasteiger partial charge in [-0.25, -0.2) is 18.4 Å². The van der Waals surface area contributed by atoms with Gasteiger partial charge in [0.05, 0.1) is 18.6 Å². The highest BCUT2D eigenvalue weighted by Gasteiger charge is 2.20. The van der Waals surface area contributed by atoms with E-state index in [0.717, 1.165) is 22.7 Å². The number of ether oxygens (including phenoxy) is 1. The summed E-state index contributed by atoms with van der Waals surface area (Å²) in [4.78, 5) is 8.65. The topological polar surface area (TPSA) is 84.4 Å². The van der Waals surface area contributed by atoms with E-state index in [1.54, 1.807) is 26.3 Å². The van der Waals surface area contributed by atoms with Crippen LogP contribution in [0.5, 0.6) is 5.75 Å². The molecule has 0 unspecified atom stereocenters. The molecule has 0 saturated carbocycles. The first-order valence-electron chi connectivity index (χ1n) is 9.78. The SMILES string of the molecule is COc1ccccc1-c1cc(Nc2cccc(CS(=O)(=O)N(C)c3cccs3)c2)ncn1. The standard InChI is InChI=1S/C23H22N4O3S2/c1-27(23-11-6-12-31-23)32(28,29)15-17-7-5-8-18(13-17)26-22-14-20(24-16-25-22)19-9-3-4-10-21(19)30-2/h3-14,16H,15H2,1-2H3,(H,24,25,26). The summed E-state index contributed by atoms with van der Waals surface area (Å²) in [6.45, 7) is 0. The molecule has 0 spiro atoms. The van der Waals surface area contributed by atoms with Crippen LogP contribution < -0.4 is 14.4 Å². The Bertz CT molecular complexity index is 1310. The summed E-state index contributed by atoms with van der Waals surface area (Å²) >= 11 is 1.39. The molecule has 0 aliphatic carbocycles. The van der Waals surface area contributed by atoms with E-state index in [1.165, 1.54) is 22.0 Å². The first kappa shape index (κ1) is 21.8. The van der Waals surface area contributed by atoms with Crippen LogP contribution in [0, 0.1) is 0 Å². The number of para-hydroxylation sites is 1. The van der Waals surface area contributed by atoms with Gasteiger partial charge < -0.3 is 10.1 Å². The molecule has 0 fully saturated rings. The van der Waals surface area contributed by atoms with Gasteiger partial charge in [-0.3, -0.25) is 4.31 Å². The number of anilines is 3. The fourth-order valence-electron chi connectivity index (χ4n) is 3.21. The minimum atomic E-state index is -3.50. The molecule has 0 atom stereocenters. The first-order chi connectivity index (χ1) is 15.5. The van der Waals surface area contributed by atoms with Crippen LogP contribution >= 0.6 is 11.3 Å². The Hall–Kier alpha value is -3.43. The quantitative estimate of drug-likeness (QED) is 0.397. The van der Waals surface area contributed by atoms with Gasteiger partial charge in [-0.05, 0) is 47.3 Å². The molecule has 32 heavy (non-hydrogen) atoms. The number of hydrogen-bond donors (Lipinski definition) is 1. The van der Waals surface area contributed by atoms with Gasteiger partial charge >= 0.3 is 0 Å². The van der Waals surface area contributed by atoms with Crippen LogP contribution in [0.1, 0.15) is 5.56 Å². The Labute approximate surface area is 191 Å². The number of rotatable bonds is 8. The number of aromatic nitrogens is 2. The van der Waals surface area contributed by atoms with Gasteiger partial charge in [0.2, 0.25) is 10.0 Å². The molecule has 2 aromatic heterocycles. The van der Waals surface area contributed by atoms with Gasteiger partial charge in [0.15, 0.2) is 0 Å². The normalized spacial score (nSPS) is 11.2. The van der Waals surface area contributed by atoms with E-state index < -0.39 is 10.0 Å². The highest BCUT2D eigenvalue weighted by molar-refractivity contribution is 7.92. The van der Waals surface area contributed by atoms with E-state index in [1.807, 2.05) is 60.0 Å². The second-order valence-corrected chi connectivity index (χ2v) is 9.92. The number of sulfonamides is 1. The largest absolute Gasteiger partial charge is 0.496 e. The molecular weight excluding hydrogens is 444 g/mol. The third kappa shape index (κ3) is 4.90. The van der Waals surface area contributed by atoms with Crippen LogP contribution in [-0.2, 0) is 15.8 Å². The summed E-state index contributed by atoms with van der Waals surface area (Å²) in [7, 11) is -0.307. The Morgan fingerprint density at radius 2 is 1.88 bits per heavy atom. The Morgan fingerprint density at radius 1 is 1.03 bits per heavy atom. The molecule has 164 valence electrons. The van der Waals surface area contributed by atoms with Crippen molar-refractivity contribution in [2.45, 2.75) is 5.75 Å². The predicted molar refractivity (Wildman–Crippen MR) is 129 cm³/mol. The molecule has 0 amide bonds. The van der Waals surface area contributed by atoms with Gasteiger partial charge in [-0.1, -0.05) is 24.3 Å². The number of methoxy groups -OCH3 is 1. The minimum absolute atomic E-state index is 0.104. The van der Waals surface area contributed by atoms with Crippen molar-refractivity contribution in [1.82, 2.24) is 9.97 Å². The second kappa shape index (κ2) is 9.37. The van der Waals surface area contributed by atoms with Gasteiger partial charge in [-0.15, -0.1) is 11.3 Å². The molecule has 0 bridgehead atoms. The van der Waals surface area contributed by atoms with Gasteiger partial charge in [0.25, 0.3) is 0 Å². The van der Waals surface area contributed by atoms with Crippen molar-refractivity contribution >= 4 is 37.9 Å². The van der Waals surface area contributed by atoms with Crippen molar-refractivity contribution in [1.29, 1.82) is 0 Å². The molecule has 0 saturated heterocycles. The second-order valence-electron chi connectivity index (χ2n) is 6.99. The van der Waals surface area contributed by atoms with Crippen LogP contribution in [0.4, 0.5) is 16.5 Å². The lowest BCUT2D eigenvalue weighted by Crippen LogP contribution is -2.27. The Kier molecular flexibility index (Phi) is 6.38. The molecule has 7 nitrogen and oxygen atoms in total. The highest BCUT2D eigenvalue weighted by Crippen LogP contribution is 2.30. The zero-order valence-corrected chi connectivity index (χ0v) is 19.2. The average Bonchev–Trinajstić information content (AvgIpc) is 3.33. The maximum absolute atomic E-state index is 12.8. The summed E-state index contributed by atoms with van der Waals surface area (Å²) in [5, 5.41) is 5.77. The summed E-state index contributed by atoms with van der Waals surface area (Å²) in [6, 6.07) is 20.4. The first-order valence-corrected chi connectivity index (χ1v) is 12.3. The summed E-state index contributed by atoms with van der Waals surface area (Å²) < 4.78 is 32.4. The van der Waals surface area contributed by atoms with Crippen LogP contribution in [0.2, 0.25) is 0 Å². The molecule has 0 aliphatic rings. The van der Waals surface area contributed by atoms with Crippen molar-refractivity contribution in [2.75, 3.05) is 23.8 Å². The van der Waals surface area contributed by atoms with E-state index in [-0.39, 0.29) is 5.75 Å². The molecule has 0 aliphatic heterocycles. The molecule has 4 rings (SSSR count). The lowest BCUT2D eigenvalue weighted by Gasteiger charge is -2.17. The fourth-order valence-corrected chi connectivity index (χ4v) is 5.41. The number of thiophene rings is 1. The lowest BCUT2D eigenvalue weighted by atomic mass is 10.1. The van der Waals surface area contributed by atoms with E-state index in [9.17, 15) is 8.42 Å². The minimum Gasteiger partial charge on any atom is -0.496 e. The number of hydrogen-bond acceptors (Lipinski definition) is 7. The van der Waals surface area contributed by atoms with Crippen molar-refractivity contribution < 1.29 is 13.2 Å². The van der Waals surface area contributed by atoms with Crippen molar-refractivity contribution in [2.24, 2.45) is 0 Å². The average molecular weight is 467 g/mol. The third-order valence-corrected chi connectivity index (χ3v) is 7.62. The number of nitrogens with one attached hydrogen (secondary N) is 1. The van der Waals surface area contributed by atoms with Gasteiger partial charge in [0.1, 0.15) is 22.9 Å². The molecule has 2 heterocycles. The zero-order chi connectivity index (χ0) is 22.6. The van der Waals surface area contributed by atoms with Crippen molar-refractivity contribution in [3.63, 3.8) is 0 Å². The molecule has 0 radical (unpaired) electrons. The maximum atomic E-state index is 12.8. The number of nitrogens with zero attached hydrogens (tertiary/aromatic N) is 3. The van der Waals surface area contributed by atoms with Crippen molar-refractivity contribution in [3.05, 3.63) is 84.0 Å². The summed E-state index contributed by atoms with van der Waals surface area (Å²) in [6.07, 6.45) is 1.48. The van der Waals surface area contributed by atoms with Crippen LogP contribution in [0.25, 0.3) is 11.3 Å². The molecule has 2 aromatic carbocycles. The van der Waals surface area contributed by atoms with Gasteiger partial charge in [-0.2, -0.15) is 0 Å². The molecule has 9 heteroatoms. The zero-order valence-electron chi connectivity index (χ0n) is 17.6. The molecule has 1 N–H and O–H groups in total. The van der Waals surface area contributed by atoms with Gasteiger partial charge in [0, 0.05) is 24.4 Å². The van der Waals surface area contributed by atoms with Crippen LogP contribution in [-0.4, -0.2) is 32.5 Å². The molecular formula is C23H22N4O3S2. The smallest absolute Gasteiger partial charge is 0.239 e. The van der Waals surface area contributed by atoms with Crippen molar-refractivity contribution in [3.8, 4) is 17.0 Å².